The van der Waals surface area contributed by atoms with E-state index in [1.807, 2.05) is 49.3 Å². The van der Waals surface area contributed by atoms with E-state index in [0.717, 1.165) is 5.76 Å². The van der Waals surface area contributed by atoms with Crippen molar-refractivity contribution < 1.29 is 14.0 Å². The van der Waals surface area contributed by atoms with E-state index in [1.165, 1.54) is 0 Å². The van der Waals surface area contributed by atoms with Gasteiger partial charge < -0.3 is 9.73 Å². The molecular weight excluding hydrogens is 304 g/mol. The van der Waals surface area contributed by atoms with Crippen LogP contribution in [0.1, 0.15) is 41.4 Å². The molecule has 1 unspecified atom stereocenters. The van der Waals surface area contributed by atoms with Crippen molar-refractivity contribution >= 4 is 11.7 Å². The zero-order chi connectivity index (χ0) is 17.4. The molecule has 0 aliphatic carbocycles. The molecule has 0 saturated heterocycles. The van der Waals surface area contributed by atoms with E-state index in [0.29, 0.717) is 31.4 Å². The molecule has 0 saturated carbocycles. The summed E-state index contributed by atoms with van der Waals surface area (Å²) >= 11 is 0. The minimum atomic E-state index is -0.0470. The fourth-order valence-corrected chi connectivity index (χ4v) is 2.50. The van der Waals surface area contributed by atoms with Crippen LogP contribution in [0.3, 0.4) is 0 Å². The number of hydrogen-bond donors (Lipinski definition) is 1. The molecule has 2 rings (SSSR count). The maximum absolute atomic E-state index is 12.0. The van der Waals surface area contributed by atoms with Crippen molar-refractivity contribution in [1.82, 2.24) is 10.2 Å². The minimum absolute atomic E-state index is 0.00472. The Labute approximate surface area is 142 Å². The zero-order valence-electron chi connectivity index (χ0n) is 14.2. The van der Waals surface area contributed by atoms with Crippen LogP contribution in [-0.4, -0.2) is 37.2 Å². The molecule has 5 nitrogen and oxygen atoms in total. The first-order chi connectivity index (χ1) is 11.6. The largest absolute Gasteiger partial charge is 0.468 e. The van der Waals surface area contributed by atoms with Crippen LogP contribution < -0.4 is 5.32 Å². The monoisotopic (exact) mass is 328 g/mol. The molecule has 5 heteroatoms. The molecule has 1 atom stereocenters. The number of nitrogens with one attached hydrogen (secondary N) is 1. The van der Waals surface area contributed by atoms with Gasteiger partial charge in [-0.15, -0.1) is 0 Å². The molecule has 0 spiro atoms. The third-order valence-corrected chi connectivity index (χ3v) is 3.89. The van der Waals surface area contributed by atoms with Gasteiger partial charge in [0.2, 0.25) is 5.91 Å². The lowest BCUT2D eigenvalue weighted by molar-refractivity contribution is -0.121. The molecular formula is C19H24N2O3. The fourth-order valence-electron chi connectivity index (χ4n) is 2.50. The van der Waals surface area contributed by atoms with Crippen molar-refractivity contribution in [2.75, 3.05) is 20.6 Å². The summed E-state index contributed by atoms with van der Waals surface area (Å²) in [4.78, 5) is 26.0. The lowest BCUT2D eigenvalue weighted by Crippen LogP contribution is -2.34. The highest BCUT2D eigenvalue weighted by molar-refractivity contribution is 5.96. The van der Waals surface area contributed by atoms with E-state index in [1.54, 1.807) is 18.4 Å². The standard InChI is InChI=1S/C19H24N2O3/c1-21(2)16(18-11-7-13-24-18)14-20-19(23)12-6-10-17(22)15-8-4-3-5-9-15/h3-5,7-9,11,13,16H,6,10,12,14H2,1-2H3,(H,20,23). The molecule has 1 aromatic carbocycles. The first-order valence-electron chi connectivity index (χ1n) is 8.12. The average Bonchev–Trinajstić information content (AvgIpc) is 3.09. The molecule has 1 amide bonds. The summed E-state index contributed by atoms with van der Waals surface area (Å²) in [6.45, 7) is 0.478. The van der Waals surface area contributed by atoms with Crippen molar-refractivity contribution in [3.05, 3.63) is 60.1 Å². The van der Waals surface area contributed by atoms with Crippen LogP contribution in [0, 0.1) is 0 Å². The number of hydrogen-bond acceptors (Lipinski definition) is 4. The van der Waals surface area contributed by atoms with Gasteiger partial charge in [-0.25, -0.2) is 0 Å². The second-order valence-corrected chi connectivity index (χ2v) is 5.94. The summed E-state index contributed by atoms with van der Waals surface area (Å²) < 4.78 is 5.41. The third-order valence-electron chi connectivity index (χ3n) is 3.89. The second-order valence-electron chi connectivity index (χ2n) is 5.94. The first kappa shape index (κ1) is 17.9. The van der Waals surface area contributed by atoms with Gasteiger partial charge >= 0.3 is 0 Å². The van der Waals surface area contributed by atoms with Gasteiger partial charge in [0, 0.05) is 24.9 Å². The molecule has 2 aromatic rings. The average molecular weight is 328 g/mol. The summed E-state index contributed by atoms with van der Waals surface area (Å²) in [7, 11) is 3.88. The number of likely N-dealkylation sites (N-methyl/N-ethyl adjacent to an activating group) is 1. The van der Waals surface area contributed by atoms with Crippen molar-refractivity contribution in [2.45, 2.75) is 25.3 Å². The Kier molecular flexibility index (Phi) is 6.75. The van der Waals surface area contributed by atoms with Gasteiger partial charge in [0.1, 0.15) is 5.76 Å². The highest BCUT2D eigenvalue weighted by Gasteiger charge is 2.17. The minimum Gasteiger partial charge on any atom is -0.468 e. The summed E-state index contributed by atoms with van der Waals surface area (Å²) in [5, 5.41) is 2.91. The molecule has 0 fully saturated rings. The van der Waals surface area contributed by atoms with E-state index >= 15 is 0 Å². The molecule has 0 aliphatic heterocycles. The highest BCUT2D eigenvalue weighted by atomic mass is 16.3. The molecule has 1 N–H and O–H groups in total. The van der Waals surface area contributed by atoms with Crippen LogP contribution in [0.2, 0.25) is 0 Å². The van der Waals surface area contributed by atoms with Crippen molar-refractivity contribution in [1.29, 1.82) is 0 Å². The molecule has 1 aromatic heterocycles. The summed E-state index contributed by atoms with van der Waals surface area (Å²) in [6.07, 6.45) is 2.90. The molecule has 0 bridgehead atoms. The van der Waals surface area contributed by atoms with Crippen LogP contribution >= 0.6 is 0 Å². The van der Waals surface area contributed by atoms with Gasteiger partial charge in [0.25, 0.3) is 0 Å². The normalized spacial score (nSPS) is 12.1. The fraction of sp³-hybridized carbons (Fsp3) is 0.368. The maximum atomic E-state index is 12.0. The van der Waals surface area contributed by atoms with Gasteiger partial charge in [0.15, 0.2) is 5.78 Å². The van der Waals surface area contributed by atoms with E-state index in [4.69, 9.17) is 4.42 Å². The van der Waals surface area contributed by atoms with Gasteiger partial charge in [-0.05, 0) is 32.6 Å². The molecule has 0 radical (unpaired) electrons. The second kappa shape index (κ2) is 9.03. The van der Waals surface area contributed by atoms with Crippen LogP contribution in [0.4, 0.5) is 0 Å². The highest BCUT2D eigenvalue weighted by Crippen LogP contribution is 2.17. The summed E-state index contributed by atoms with van der Waals surface area (Å²) in [5.74, 6) is 0.846. The number of Topliss-reactive ketones (excluding diaryl/α,β-unsaturated/α-hetero) is 1. The predicted octanol–water partition coefficient (Wildman–Crippen LogP) is 3.05. The SMILES string of the molecule is CN(C)C(CNC(=O)CCCC(=O)c1ccccc1)c1ccco1. The summed E-state index contributed by atoms with van der Waals surface area (Å²) in [6, 6.07) is 12.9. The summed E-state index contributed by atoms with van der Waals surface area (Å²) in [5.41, 5.74) is 0.698. The Morgan fingerprint density at radius 1 is 1.08 bits per heavy atom. The third kappa shape index (κ3) is 5.35. The Balaban J connectivity index is 1.72. The molecule has 0 aliphatic rings. The lowest BCUT2D eigenvalue weighted by atomic mass is 10.1. The van der Waals surface area contributed by atoms with E-state index in [2.05, 4.69) is 5.32 Å². The molecule has 128 valence electrons. The van der Waals surface area contributed by atoms with Crippen molar-refractivity contribution in [2.24, 2.45) is 0 Å². The van der Waals surface area contributed by atoms with E-state index in [9.17, 15) is 9.59 Å². The Morgan fingerprint density at radius 3 is 2.46 bits per heavy atom. The quantitative estimate of drug-likeness (QED) is 0.719. The smallest absolute Gasteiger partial charge is 0.220 e. The molecule has 1 heterocycles. The number of furan rings is 1. The van der Waals surface area contributed by atoms with E-state index < -0.39 is 0 Å². The van der Waals surface area contributed by atoms with Crippen molar-refractivity contribution in [3.63, 3.8) is 0 Å². The van der Waals surface area contributed by atoms with Gasteiger partial charge in [-0.2, -0.15) is 0 Å². The Morgan fingerprint density at radius 2 is 1.83 bits per heavy atom. The van der Waals surface area contributed by atoms with Crippen LogP contribution in [-0.2, 0) is 4.79 Å². The van der Waals surface area contributed by atoms with Gasteiger partial charge in [-0.1, -0.05) is 30.3 Å². The number of amides is 1. The predicted molar refractivity (Wildman–Crippen MR) is 92.8 cm³/mol. The number of ketones is 1. The number of benzene rings is 1. The van der Waals surface area contributed by atoms with Gasteiger partial charge in [-0.3, -0.25) is 14.5 Å². The first-order valence-corrected chi connectivity index (χ1v) is 8.12. The number of rotatable bonds is 9. The van der Waals surface area contributed by atoms with Gasteiger partial charge in [0.05, 0.1) is 12.3 Å². The number of carbonyl (C=O) groups is 2. The van der Waals surface area contributed by atoms with Crippen LogP contribution in [0.5, 0.6) is 0 Å². The number of carbonyl (C=O) groups excluding carboxylic acids is 2. The van der Waals surface area contributed by atoms with Crippen molar-refractivity contribution in [3.8, 4) is 0 Å². The molecule has 24 heavy (non-hydrogen) atoms. The Bertz CT molecular complexity index is 636. The van der Waals surface area contributed by atoms with Crippen LogP contribution in [0.25, 0.3) is 0 Å². The zero-order valence-corrected chi connectivity index (χ0v) is 14.2. The van der Waals surface area contributed by atoms with E-state index in [-0.39, 0.29) is 17.7 Å². The van der Waals surface area contributed by atoms with Crippen LogP contribution in [0.15, 0.2) is 53.1 Å². The number of nitrogens with zero attached hydrogens (tertiary/aromatic N) is 1. The lowest BCUT2D eigenvalue weighted by Gasteiger charge is -2.22. The topological polar surface area (TPSA) is 62.6 Å². The maximum Gasteiger partial charge on any atom is 0.220 e. The Hall–Kier alpha value is -2.40.